The van der Waals surface area contributed by atoms with Crippen molar-refractivity contribution in [2.75, 3.05) is 0 Å². The highest BCUT2D eigenvalue weighted by Gasteiger charge is 2.08. The molecule has 0 rings (SSSR count). The highest BCUT2D eigenvalue weighted by atomic mass is 16.7. The van der Waals surface area contributed by atoms with Crippen LogP contribution in [0, 0.1) is 0 Å². The summed E-state index contributed by atoms with van der Waals surface area (Å²) in [4.78, 5) is 10.9. The zero-order valence-corrected chi connectivity index (χ0v) is 7.66. The van der Waals surface area contributed by atoms with Gasteiger partial charge in [-0.3, -0.25) is 0 Å². The molecule has 0 radical (unpaired) electrons. The van der Waals surface area contributed by atoms with Crippen LogP contribution in [0.15, 0.2) is 24.5 Å². The Hall–Kier alpha value is -1.25. The first kappa shape index (κ1) is 10.8. The second-order valence-electron chi connectivity index (χ2n) is 2.36. The number of carbonyl (C=O) groups is 1. The van der Waals surface area contributed by atoms with Crippen molar-refractivity contribution in [1.29, 1.82) is 0 Å². The molecule has 0 spiro atoms. The van der Waals surface area contributed by atoms with Crippen molar-refractivity contribution >= 4 is 5.97 Å². The molecule has 0 bridgehead atoms. The fourth-order valence-corrected chi connectivity index (χ4v) is 0.468. The lowest BCUT2D eigenvalue weighted by Gasteiger charge is -2.11. The Morgan fingerprint density at radius 1 is 1.58 bits per heavy atom. The molecule has 0 aromatic heterocycles. The van der Waals surface area contributed by atoms with Crippen LogP contribution in [-0.4, -0.2) is 12.3 Å². The van der Waals surface area contributed by atoms with Crippen LogP contribution in [0.5, 0.6) is 0 Å². The molecule has 0 aliphatic rings. The van der Waals surface area contributed by atoms with Crippen molar-refractivity contribution in [3.63, 3.8) is 0 Å². The van der Waals surface area contributed by atoms with Crippen LogP contribution < -0.4 is 0 Å². The molecule has 0 heterocycles. The summed E-state index contributed by atoms with van der Waals surface area (Å²) >= 11 is 0. The predicted octanol–water partition coefficient (Wildman–Crippen LogP) is 2.00. The maximum absolute atomic E-state index is 10.9. The van der Waals surface area contributed by atoms with E-state index in [2.05, 4.69) is 6.58 Å². The van der Waals surface area contributed by atoms with Gasteiger partial charge in [0, 0.05) is 12.5 Å². The van der Waals surface area contributed by atoms with E-state index in [0.717, 1.165) is 0 Å². The zero-order valence-electron chi connectivity index (χ0n) is 7.66. The van der Waals surface area contributed by atoms with Gasteiger partial charge in [0.1, 0.15) is 0 Å². The van der Waals surface area contributed by atoms with E-state index >= 15 is 0 Å². The van der Waals surface area contributed by atoms with Crippen molar-refractivity contribution in [3.8, 4) is 0 Å². The Morgan fingerprint density at radius 2 is 2.17 bits per heavy atom. The largest absolute Gasteiger partial charge is 0.463 e. The molecule has 0 amide bonds. The first-order valence-electron chi connectivity index (χ1n) is 3.71. The molecule has 3 nitrogen and oxygen atoms in total. The maximum atomic E-state index is 10.9. The number of carbonyl (C=O) groups excluding carboxylic acids is 1. The number of hydrogen-bond acceptors (Lipinski definition) is 3. The fraction of sp³-hybridized carbons (Fsp3) is 0.444. The van der Waals surface area contributed by atoms with Crippen molar-refractivity contribution < 1.29 is 14.3 Å². The number of esters is 1. The van der Waals surface area contributed by atoms with Gasteiger partial charge < -0.3 is 9.47 Å². The molecular weight excluding hydrogens is 156 g/mol. The van der Waals surface area contributed by atoms with Gasteiger partial charge in [-0.1, -0.05) is 12.7 Å². The lowest BCUT2D eigenvalue weighted by atomic mass is 10.4. The number of ether oxygens (including phenoxy) is 2. The smallest absolute Gasteiger partial charge is 0.336 e. The Balaban J connectivity index is 3.76. The first-order valence-corrected chi connectivity index (χ1v) is 3.71. The minimum absolute atomic E-state index is 0.367. The van der Waals surface area contributed by atoms with E-state index in [1.54, 1.807) is 19.9 Å². The van der Waals surface area contributed by atoms with Crippen LogP contribution in [-0.2, 0) is 14.3 Å². The first-order chi connectivity index (χ1) is 5.57. The van der Waals surface area contributed by atoms with Gasteiger partial charge in [0.2, 0.25) is 6.29 Å². The molecule has 68 valence electrons. The van der Waals surface area contributed by atoms with Crippen molar-refractivity contribution in [2.24, 2.45) is 0 Å². The zero-order chi connectivity index (χ0) is 9.56. The highest BCUT2D eigenvalue weighted by molar-refractivity contribution is 5.86. The Labute approximate surface area is 72.7 Å². The second kappa shape index (κ2) is 5.41. The monoisotopic (exact) mass is 170 g/mol. The average Bonchev–Trinajstić information content (AvgIpc) is 2.00. The van der Waals surface area contributed by atoms with E-state index in [9.17, 15) is 4.79 Å². The van der Waals surface area contributed by atoms with E-state index < -0.39 is 12.3 Å². The second-order valence-corrected chi connectivity index (χ2v) is 2.36. The molecule has 0 fully saturated rings. The minimum atomic E-state index is -0.564. The summed E-state index contributed by atoms with van der Waals surface area (Å²) in [7, 11) is 0. The third-order valence-electron chi connectivity index (χ3n) is 1.03. The van der Waals surface area contributed by atoms with Gasteiger partial charge in [0.15, 0.2) is 0 Å². The molecule has 0 saturated heterocycles. The van der Waals surface area contributed by atoms with Gasteiger partial charge in [-0.05, 0) is 13.8 Å². The van der Waals surface area contributed by atoms with Crippen LogP contribution >= 0.6 is 0 Å². The third kappa shape index (κ3) is 4.55. The van der Waals surface area contributed by atoms with E-state index in [-0.39, 0.29) is 0 Å². The topological polar surface area (TPSA) is 35.5 Å². The van der Waals surface area contributed by atoms with Crippen LogP contribution in [0.2, 0.25) is 0 Å². The molecule has 0 aliphatic heterocycles. The van der Waals surface area contributed by atoms with Gasteiger partial charge in [-0.2, -0.15) is 0 Å². The lowest BCUT2D eigenvalue weighted by Crippen LogP contribution is -2.16. The van der Waals surface area contributed by atoms with E-state index in [0.29, 0.717) is 5.57 Å². The SMILES string of the molecule is C=C(C)C(=O)OC(C)OC=CC. The van der Waals surface area contributed by atoms with Crippen LogP contribution in [0.4, 0.5) is 0 Å². The van der Waals surface area contributed by atoms with E-state index in [1.165, 1.54) is 6.26 Å². The lowest BCUT2D eigenvalue weighted by molar-refractivity contribution is -0.160. The summed E-state index contributed by atoms with van der Waals surface area (Å²) in [5.41, 5.74) is 0.367. The number of hydrogen-bond donors (Lipinski definition) is 0. The molecule has 0 aromatic carbocycles. The van der Waals surface area contributed by atoms with Gasteiger partial charge in [-0.15, -0.1) is 0 Å². The van der Waals surface area contributed by atoms with Crippen LogP contribution in [0.1, 0.15) is 20.8 Å². The molecule has 12 heavy (non-hydrogen) atoms. The van der Waals surface area contributed by atoms with Gasteiger partial charge >= 0.3 is 5.97 Å². The average molecular weight is 170 g/mol. The van der Waals surface area contributed by atoms with E-state index in [1.807, 2.05) is 6.92 Å². The standard InChI is InChI=1S/C9H14O3/c1-5-6-11-8(4)12-9(10)7(2)3/h5-6,8H,2H2,1,3-4H3. The molecule has 0 saturated carbocycles. The summed E-state index contributed by atoms with van der Waals surface area (Å²) in [5.74, 6) is -0.438. The summed E-state index contributed by atoms with van der Waals surface area (Å²) in [6, 6.07) is 0. The Kier molecular flexibility index (Phi) is 4.84. The highest BCUT2D eigenvalue weighted by Crippen LogP contribution is 1.99. The van der Waals surface area contributed by atoms with Crippen molar-refractivity contribution in [1.82, 2.24) is 0 Å². The normalized spacial score (nSPS) is 12.6. The molecular formula is C9H14O3. The number of allylic oxidation sites excluding steroid dienone is 1. The molecule has 1 unspecified atom stereocenters. The quantitative estimate of drug-likeness (QED) is 0.280. The van der Waals surface area contributed by atoms with Gasteiger partial charge in [-0.25, -0.2) is 4.79 Å². The molecule has 0 aromatic rings. The fourth-order valence-electron chi connectivity index (χ4n) is 0.468. The Morgan fingerprint density at radius 3 is 2.58 bits per heavy atom. The molecule has 3 heteroatoms. The summed E-state index contributed by atoms with van der Waals surface area (Å²) < 4.78 is 9.75. The van der Waals surface area contributed by atoms with Crippen LogP contribution in [0.3, 0.4) is 0 Å². The van der Waals surface area contributed by atoms with E-state index in [4.69, 9.17) is 9.47 Å². The van der Waals surface area contributed by atoms with Gasteiger partial charge in [0.05, 0.1) is 6.26 Å². The van der Waals surface area contributed by atoms with Crippen LogP contribution in [0.25, 0.3) is 0 Å². The van der Waals surface area contributed by atoms with Crippen molar-refractivity contribution in [3.05, 3.63) is 24.5 Å². The predicted molar refractivity (Wildman–Crippen MR) is 46.3 cm³/mol. The summed E-state index contributed by atoms with van der Waals surface area (Å²) in [5, 5.41) is 0. The number of rotatable bonds is 4. The Bertz CT molecular complexity index is 194. The third-order valence-corrected chi connectivity index (χ3v) is 1.03. The molecule has 0 aliphatic carbocycles. The van der Waals surface area contributed by atoms with Gasteiger partial charge in [0.25, 0.3) is 0 Å². The maximum Gasteiger partial charge on any atom is 0.336 e. The molecule has 0 N–H and O–H groups in total. The summed E-state index contributed by atoms with van der Waals surface area (Å²) in [6.45, 7) is 8.48. The summed E-state index contributed by atoms with van der Waals surface area (Å²) in [6.07, 6.45) is 2.62. The minimum Gasteiger partial charge on any atom is -0.463 e. The van der Waals surface area contributed by atoms with Crippen molar-refractivity contribution in [2.45, 2.75) is 27.1 Å². The molecule has 1 atom stereocenters.